The van der Waals surface area contributed by atoms with Gasteiger partial charge in [-0.3, -0.25) is 0 Å². The molecule has 0 fully saturated rings. The molecule has 1 aliphatic carbocycles. The van der Waals surface area contributed by atoms with Crippen molar-refractivity contribution in [3.05, 3.63) is 66.7 Å². The Hall–Kier alpha value is -3.08. The highest BCUT2D eigenvalue weighted by molar-refractivity contribution is 6.52. The second-order valence-electron chi connectivity index (χ2n) is 9.77. The summed E-state index contributed by atoms with van der Waals surface area (Å²) in [5.41, 5.74) is 6.11. The summed E-state index contributed by atoms with van der Waals surface area (Å²) in [7, 11) is 1.87. The number of furan rings is 1. The van der Waals surface area contributed by atoms with E-state index in [1.54, 1.807) is 13.8 Å². The summed E-state index contributed by atoms with van der Waals surface area (Å²) in [6.45, 7) is 7.48. The molecule has 32 heavy (non-hydrogen) atoms. The molecule has 1 aromatic heterocycles. The lowest BCUT2D eigenvalue weighted by Crippen LogP contribution is -2.51. The third kappa shape index (κ3) is 2.63. The van der Waals surface area contributed by atoms with Crippen molar-refractivity contribution in [3.63, 3.8) is 0 Å². The maximum Gasteiger partial charge on any atom is 0.625 e. The minimum absolute atomic E-state index is 0.618. The van der Waals surface area contributed by atoms with Crippen LogP contribution in [0, 0.1) is 0 Å². The summed E-state index contributed by atoms with van der Waals surface area (Å²) in [4.78, 5) is 0. The predicted molar refractivity (Wildman–Crippen MR) is 134 cm³/mol. The molecule has 4 heteroatoms. The quantitative estimate of drug-likeness (QED) is 0.293. The molecule has 1 aliphatic rings. The van der Waals surface area contributed by atoms with Crippen molar-refractivity contribution in [1.29, 1.82) is 0 Å². The predicted octanol–water partition coefficient (Wildman–Crippen LogP) is 5.71. The van der Waals surface area contributed by atoms with Crippen LogP contribution in [0.5, 0.6) is 0 Å². The molecule has 0 bridgehead atoms. The Morgan fingerprint density at radius 1 is 0.781 bits per heavy atom. The number of fused-ring (bicyclic) bond motifs is 7. The van der Waals surface area contributed by atoms with Crippen LogP contribution >= 0.6 is 0 Å². The third-order valence-electron chi connectivity index (χ3n) is 7.19. The van der Waals surface area contributed by atoms with Crippen LogP contribution < -0.4 is 5.46 Å². The molecule has 157 valence electrons. The van der Waals surface area contributed by atoms with Crippen molar-refractivity contribution in [3.8, 4) is 22.3 Å². The lowest BCUT2D eigenvalue weighted by molar-refractivity contribution is -0.157. The molecule has 0 aliphatic heterocycles. The number of hydrogen-bond donors (Lipinski definition) is 1. The normalized spacial score (nSPS) is 13.3. The second kappa shape index (κ2) is 6.47. The van der Waals surface area contributed by atoms with E-state index in [9.17, 15) is 5.11 Å². The fourth-order valence-electron chi connectivity index (χ4n) is 4.68. The highest BCUT2D eigenvalue weighted by Gasteiger charge is 2.41. The molecular formula is C28H25BO3+. The topological polar surface area (TPSA) is 46.2 Å². The van der Waals surface area contributed by atoms with Crippen LogP contribution in [0.2, 0.25) is 0 Å². The van der Waals surface area contributed by atoms with Crippen LogP contribution in [-0.4, -0.2) is 28.4 Å². The Bertz CT molecular complexity index is 1530. The van der Waals surface area contributed by atoms with Gasteiger partial charge in [0, 0.05) is 35.6 Å². The van der Waals surface area contributed by atoms with Crippen LogP contribution in [0.4, 0.5) is 0 Å². The minimum Gasteiger partial charge on any atom is -0.530 e. The van der Waals surface area contributed by atoms with E-state index in [0.29, 0.717) is 0 Å². The van der Waals surface area contributed by atoms with Gasteiger partial charge in [0.25, 0.3) is 0 Å². The van der Waals surface area contributed by atoms with Gasteiger partial charge in [-0.05, 0) is 53.4 Å². The van der Waals surface area contributed by atoms with Gasteiger partial charge in [0.05, 0.1) is 0 Å². The molecule has 0 saturated heterocycles. The Morgan fingerprint density at radius 2 is 1.50 bits per heavy atom. The highest BCUT2D eigenvalue weighted by Crippen LogP contribution is 2.51. The summed E-state index contributed by atoms with van der Waals surface area (Å²) in [6, 6.07) is 23.4. The van der Waals surface area contributed by atoms with E-state index in [0.717, 1.165) is 27.4 Å². The zero-order valence-corrected chi connectivity index (χ0v) is 18.7. The van der Waals surface area contributed by atoms with Crippen LogP contribution in [0.25, 0.3) is 55.0 Å². The SMILES string of the molecule is CC(C)(O)C(C)(C)[OH+][B]c1cccc2oc3c4c(ccc3c12)-c1cccc2cccc-4c12. The molecular weight excluding hydrogens is 395 g/mol. The molecule has 0 amide bonds. The van der Waals surface area contributed by atoms with E-state index in [4.69, 9.17) is 9.07 Å². The summed E-state index contributed by atoms with van der Waals surface area (Å²) < 4.78 is 11.2. The number of aliphatic hydroxyl groups is 2. The van der Waals surface area contributed by atoms with Gasteiger partial charge >= 0.3 is 7.48 Å². The molecule has 1 radical (unpaired) electrons. The maximum absolute atomic E-state index is 10.5. The van der Waals surface area contributed by atoms with Crippen molar-refractivity contribution in [2.45, 2.75) is 38.9 Å². The Labute approximate surface area is 187 Å². The fourth-order valence-corrected chi connectivity index (χ4v) is 4.68. The first-order chi connectivity index (χ1) is 15.3. The van der Waals surface area contributed by atoms with Crippen molar-refractivity contribution < 1.29 is 14.2 Å². The van der Waals surface area contributed by atoms with E-state index >= 15 is 0 Å². The van der Waals surface area contributed by atoms with E-state index < -0.39 is 11.2 Å². The van der Waals surface area contributed by atoms with Gasteiger partial charge in [-0.2, -0.15) is 0 Å². The van der Waals surface area contributed by atoms with E-state index in [1.807, 2.05) is 33.5 Å². The average molecular weight is 420 g/mol. The molecule has 5 aromatic rings. The zero-order valence-electron chi connectivity index (χ0n) is 18.7. The number of benzene rings is 4. The highest BCUT2D eigenvalue weighted by atomic mass is 16.5. The van der Waals surface area contributed by atoms with Crippen molar-refractivity contribution in [2.75, 3.05) is 0 Å². The first-order valence-electron chi connectivity index (χ1n) is 11.0. The van der Waals surface area contributed by atoms with E-state index in [-0.39, 0.29) is 0 Å². The molecule has 0 unspecified atom stereocenters. The fraction of sp³-hybridized carbons (Fsp3) is 0.214. The summed E-state index contributed by atoms with van der Waals surface area (Å²) in [5, 5.41) is 15.2. The standard InChI is InChI=1S/C28H25BO3/c1-27(2,30)28(3,4)32-29-21-12-7-13-22-25(21)20-15-14-18-17-10-5-8-16-9-6-11-19(23(16)17)24(18)26(20)31-22/h5-15,30,32H,1-4H3/q+1. The van der Waals surface area contributed by atoms with Gasteiger partial charge in [-0.1, -0.05) is 54.6 Å². The number of hydrogen-bond acceptors (Lipinski definition) is 2. The van der Waals surface area contributed by atoms with Crippen molar-refractivity contribution >= 4 is 45.7 Å². The lowest BCUT2D eigenvalue weighted by Gasteiger charge is -2.33. The maximum atomic E-state index is 10.5. The minimum atomic E-state index is -0.929. The molecule has 6 rings (SSSR count). The van der Waals surface area contributed by atoms with E-state index in [1.165, 1.54) is 33.0 Å². The average Bonchev–Trinajstić information content (AvgIpc) is 3.29. The van der Waals surface area contributed by atoms with Crippen LogP contribution in [-0.2, 0) is 0 Å². The van der Waals surface area contributed by atoms with E-state index in [2.05, 4.69) is 54.6 Å². The van der Waals surface area contributed by atoms with Crippen molar-refractivity contribution in [2.24, 2.45) is 0 Å². The van der Waals surface area contributed by atoms with Crippen molar-refractivity contribution in [1.82, 2.24) is 0 Å². The summed E-state index contributed by atoms with van der Waals surface area (Å²) >= 11 is 0. The zero-order chi connectivity index (χ0) is 22.3. The molecule has 2 N–H and O–H groups in total. The van der Waals surface area contributed by atoms with Crippen LogP contribution in [0.15, 0.2) is 71.1 Å². The molecule has 1 heterocycles. The molecule has 0 spiro atoms. The van der Waals surface area contributed by atoms with Gasteiger partial charge in [0.15, 0.2) is 5.60 Å². The van der Waals surface area contributed by atoms with Gasteiger partial charge in [-0.25, -0.2) is 0 Å². The van der Waals surface area contributed by atoms with Crippen LogP contribution in [0.3, 0.4) is 0 Å². The Morgan fingerprint density at radius 3 is 2.25 bits per heavy atom. The second-order valence-corrected chi connectivity index (χ2v) is 9.77. The third-order valence-corrected chi connectivity index (χ3v) is 7.19. The summed E-state index contributed by atoms with van der Waals surface area (Å²) in [6.07, 6.45) is 0. The molecule has 4 aromatic carbocycles. The van der Waals surface area contributed by atoms with Gasteiger partial charge in [0.2, 0.25) is 0 Å². The van der Waals surface area contributed by atoms with Gasteiger partial charge in [0.1, 0.15) is 16.8 Å². The number of rotatable bonds is 4. The van der Waals surface area contributed by atoms with Gasteiger partial charge < -0.3 is 14.2 Å². The summed E-state index contributed by atoms with van der Waals surface area (Å²) in [5.74, 6) is 0. The van der Waals surface area contributed by atoms with Crippen LogP contribution in [0.1, 0.15) is 27.7 Å². The first-order valence-corrected chi connectivity index (χ1v) is 11.0. The lowest BCUT2D eigenvalue weighted by atomic mass is 9.80. The molecule has 0 atom stereocenters. The first kappa shape index (κ1) is 19.6. The Balaban J connectivity index is 1.56. The smallest absolute Gasteiger partial charge is 0.530 e. The monoisotopic (exact) mass is 420 g/mol. The Kier molecular flexibility index (Phi) is 3.96. The largest absolute Gasteiger partial charge is 0.625 e. The van der Waals surface area contributed by atoms with Gasteiger partial charge in [-0.15, -0.1) is 0 Å². The molecule has 0 saturated carbocycles. The molecule has 3 nitrogen and oxygen atoms in total.